The second-order valence-electron chi connectivity index (χ2n) is 3.66. The number of halogens is 1. The van der Waals surface area contributed by atoms with E-state index in [1.54, 1.807) is 31.2 Å². The first kappa shape index (κ1) is 12.4. The van der Waals surface area contributed by atoms with Gasteiger partial charge in [-0.3, -0.25) is 0 Å². The van der Waals surface area contributed by atoms with Crippen LogP contribution in [0.25, 0.3) is 0 Å². The van der Waals surface area contributed by atoms with E-state index in [1.807, 2.05) is 0 Å². The van der Waals surface area contributed by atoms with Crippen molar-refractivity contribution in [3.8, 4) is 5.75 Å². The number of anilines is 2. The number of benzene rings is 1. The number of aromatic nitrogens is 3. The van der Waals surface area contributed by atoms with E-state index in [1.165, 1.54) is 0 Å². The maximum absolute atomic E-state index is 5.86. The van der Waals surface area contributed by atoms with Crippen LogP contribution in [0.15, 0.2) is 24.3 Å². The summed E-state index contributed by atoms with van der Waals surface area (Å²) < 4.78 is 5.65. The largest absolute Gasteiger partial charge is 0.484 e. The van der Waals surface area contributed by atoms with Crippen LogP contribution in [0.5, 0.6) is 5.75 Å². The smallest absolute Gasteiger partial charge is 0.242 e. The molecule has 1 atom stereocenters. The Hall–Kier alpha value is -2.08. The Balaban J connectivity index is 2.19. The Bertz CT molecular complexity index is 563. The zero-order valence-corrected chi connectivity index (χ0v) is 10.4. The summed E-state index contributed by atoms with van der Waals surface area (Å²) in [5.74, 6) is 0.858. The Morgan fingerprint density at radius 2 is 2.06 bits per heavy atom. The van der Waals surface area contributed by atoms with Gasteiger partial charge in [0, 0.05) is 5.02 Å². The average molecular weight is 266 g/mol. The normalized spacial score (nSPS) is 12.1. The number of hydrogen-bond donors (Lipinski definition) is 2. The van der Waals surface area contributed by atoms with Crippen molar-refractivity contribution in [3.05, 3.63) is 35.0 Å². The van der Waals surface area contributed by atoms with Gasteiger partial charge in [-0.15, -0.1) is 10.2 Å². The maximum atomic E-state index is 5.86. The van der Waals surface area contributed by atoms with Crippen molar-refractivity contribution in [3.63, 3.8) is 0 Å². The van der Waals surface area contributed by atoms with Crippen molar-refractivity contribution in [2.24, 2.45) is 0 Å². The molecule has 0 fully saturated rings. The van der Waals surface area contributed by atoms with Gasteiger partial charge in [0.2, 0.25) is 5.95 Å². The molecule has 2 rings (SSSR count). The van der Waals surface area contributed by atoms with Crippen LogP contribution < -0.4 is 16.2 Å². The molecule has 18 heavy (non-hydrogen) atoms. The number of nitrogen functional groups attached to an aromatic ring is 2. The van der Waals surface area contributed by atoms with Crippen LogP contribution in [0.4, 0.5) is 11.8 Å². The van der Waals surface area contributed by atoms with Gasteiger partial charge in [-0.2, -0.15) is 4.98 Å². The van der Waals surface area contributed by atoms with E-state index in [-0.39, 0.29) is 11.8 Å². The Morgan fingerprint density at radius 1 is 1.28 bits per heavy atom. The van der Waals surface area contributed by atoms with Gasteiger partial charge in [-0.1, -0.05) is 17.7 Å². The van der Waals surface area contributed by atoms with Crippen molar-refractivity contribution >= 4 is 23.4 Å². The summed E-state index contributed by atoms with van der Waals surface area (Å²) in [6.45, 7) is 1.79. The van der Waals surface area contributed by atoms with Crippen LogP contribution in [0, 0.1) is 0 Å². The molecule has 0 aliphatic carbocycles. The molecule has 0 bridgehead atoms. The number of nitrogens with zero attached hydrogens (tertiary/aromatic N) is 3. The molecular weight excluding hydrogens is 254 g/mol. The zero-order chi connectivity index (χ0) is 13.1. The highest BCUT2D eigenvalue weighted by atomic mass is 35.5. The lowest BCUT2D eigenvalue weighted by atomic mass is 10.2. The van der Waals surface area contributed by atoms with E-state index < -0.39 is 6.10 Å². The lowest BCUT2D eigenvalue weighted by molar-refractivity contribution is 0.221. The Morgan fingerprint density at radius 3 is 2.72 bits per heavy atom. The fourth-order valence-corrected chi connectivity index (χ4v) is 1.63. The van der Waals surface area contributed by atoms with Gasteiger partial charge in [-0.05, 0) is 25.1 Å². The molecular formula is C11H12ClN5O. The van der Waals surface area contributed by atoms with Crippen molar-refractivity contribution in [1.29, 1.82) is 0 Å². The van der Waals surface area contributed by atoms with Crippen LogP contribution >= 0.6 is 11.6 Å². The van der Waals surface area contributed by atoms with E-state index in [0.29, 0.717) is 16.5 Å². The number of rotatable bonds is 3. The summed E-state index contributed by atoms with van der Waals surface area (Å²) in [4.78, 5) is 3.83. The molecule has 0 spiro atoms. The van der Waals surface area contributed by atoms with Crippen LogP contribution in [0.1, 0.15) is 18.7 Å². The third-order valence-electron chi connectivity index (χ3n) is 2.25. The monoisotopic (exact) mass is 265 g/mol. The fraction of sp³-hybridized carbons (Fsp3) is 0.182. The minimum atomic E-state index is -0.399. The van der Waals surface area contributed by atoms with Gasteiger partial charge in [-0.25, -0.2) is 0 Å². The molecule has 0 aliphatic heterocycles. The molecule has 0 aliphatic rings. The Kier molecular flexibility index (Phi) is 3.47. The average Bonchev–Trinajstić information content (AvgIpc) is 2.28. The van der Waals surface area contributed by atoms with Gasteiger partial charge in [0.1, 0.15) is 17.5 Å². The predicted molar refractivity (Wildman–Crippen MR) is 69.1 cm³/mol. The van der Waals surface area contributed by atoms with Crippen molar-refractivity contribution in [1.82, 2.24) is 15.2 Å². The third-order valence-corrected chi connectivity index (χ3v) is 2.49. The lowest BCUT2D eigenvalue weighted by Crippen LogP contribution is -2.13. The van der Waals surface area contributed by atoms with Crippen molar-refractivity contribution in [2.75, 3.05) is 11.5 Å². The summed E-state index contributed by atoms with van der Waals surface area (Å²) in [7, 11) is 0. The minimum Gasteiger partial charge on any atom is -0.484 e. The van der Waals surface area contributed by atoms with E-state index >= 15 is 0 Å². The second-order valence-corrected chi connectivity index (χ2v) is 4.09. The molecule has 6 nitrogen and oxygen atoms in total. The summed E-state index contributed by atoms with van der Waals surface area (Å²) in [5.41, 5.74) is 11.5. The standard InChI is InChI=1S/C11H12ClN5O/c1-6(9-10(13)15-11(14)17-16-9)18-8-4-2-3-7(12)5-8/h2-6H,1H3,(H4,13,14,15,17). The lowest BCUT2D eigenvalue weighted by Gasteiger charge is -2.14. The molecule has 0 radical (unpaired) electrons. The van der Waals surface area contributed by atoms with Crippen LogP contribution in [-0.2, 0) is 0 Å². The van der Waals surface area contributed by atoms with Gasteiger partial charge in [0.05, 0.1) is 0 Å². The minimum absolute atomic E-state index is 0.0335. The second kappa shape index (κ2) is 5.05. The van der Waals surface area contributed by atoms with Crippen molar-refractivity contribution < 1.29 is 4.74 Å². The third kappa shape index (κ3) is 2.78. The topological polar surface area (TPSA) is 99.9 Å². The first-order chi connectivity index (χ1) is 8.56. The molecule has 7 heteroatoms. The number of nitrogens with two attached hydrogens (primary N) is 2. The summed E-state index contributed by atoms with van der Waals surface area (Å²) >= 11 is 5.86. The Labute approximate surface area is 109 Å². The fourth-order valence-electron chi connectivity index (χ4n) is 1.45. The summed E-state index contributed by atoms with van der Waals surface area (Å²) in [5, 5.41) is 8.12. The van der Waals surface area contributed by atoms with Crippen molar-refractivity contribution in [2.45, 2.75) is 13.0 Å². The van der Waals surface area contributed by atoms with E-state index in [2.05, 4.69) is 15.2 Å². The molecule has 1 heterocycles. The first-order valence-corrected chi connectivity index (χ1v) is 5.62. The number of hydrogen-bond acceptors (Lipinski definition) is 6. The highest BCUT2D eigenvalue weighted by Gasteiger charge is 2.15. The molecule has 94 valence electrons. The predicted octanol–water partition coefficient (Wildman–Crippen LogP) is 1.83. The van der Waals surface area contributed by atoms with Gasteiger partial charge in [0.15, 0.2) is 5.82 Å². The van der Waals surface area contributed by atoms with Crippen LogP contribution in [0.3, 0.4) is 0 Å². The SMILES string of the molecule is CC(Oc1cccc(Cl)c1)c1nnc(N)nc1N. The molecule has 1 aromatic carbocycles. The zero-order valence-electron chi connectivity index (χ0n) is 9.67. The molecule has 1 unspecified atom stereocenters. The van der Waals surface area contributed by atoms with Gasteiger partial charge >= 0.3 is 0 Å². The van der Waals surface area contributed by atoms with Crippen LogP contribution in [-0.4, -0.2) is 15.2 Å². The van der Waals surface area contributed by atoms with Crippen LogP contribution in [0.2, 0.25) is 5.02 Å². The number of ether oxygens (including phenoxy) is 1. The van der Waals surface area contributed by atoms with Gasteiger partial charge in [0.25, 0.3) is 0 Å². The molecule has 2 aromatic rings. The quantitative estimate of drug-likeness (QED) is 0.878. The first-order valence-electron chi connectivity index (χ1n) is 5.24. The van der Waals surface area contributed by atoms with Gasteiger partial charge < -0.3 is 16.2 Å². The molecule has 0 amide bonds. The molecule has 4 N–H and O–H groups in total. The van der Waals surface area contributed by atoms with E-state index in [9.17, 15) is 0 Å². The molecule has 0 saturated carbocycles. The van der Waals surface area contributed by atoms with E-state index in [0.717, 1.165) is 0 Å². The summed E-state index contributed by atoms with van der Waals surface area (Å²) in [6.07, 6.45) is -0.399. The molecule has 1 aromatic heterocycles. The summed E-state index contributed by atoms with van der Waals surface area (Å²) in [6, 6.07) is 7.04. The highest BCUT2D eigenvalue weighted by molar-refractivity contribution is 6.30. The highest BCUT2D eigenvalue weighted by Crippen LogP contribution is 2.24. The molecule has 0 saturated heterocycles. The van der Waals surface area contributed by atoms with E-state index in [4.69, 9.17) is 27.8 Å². The maximum Gasteiger partial charge on any atom is 0.242 e.